The van der Waals surface area contributed by atoms with Crippen molar-refractivity contribution in [3.05, 3.63) is 142 Å². The molecule has 0 bridgehead atoms. The molecule has 0 radical (unpaired) electrons. The van der Waals surface area contributed by atoms with E-state index >= 15 is 0 Å². The maximum absolute atomic E-state index is 12.0. The highest BCUT2D eigenvalue weighted by molar-refractivity contribution is 5.70. The van der Waals surface area contributed by atoms with Gasteiger partial charge in [0.15, 0.2) is 6.29 Å². The van der Waals surface area contributed by atoms with E-state index in [0.717, 1.165) is 71.8 Å². The van der Waals surface area contributed by atoms with E-state index in [-0.39, 0.29) is 42.0 Å². The van der Waals surface area contributed by atoms with Gasteiger partial charge < -0.3 is 29.5 Å². The molecule has 0 unspecified atom stereocenters. The van der Waals surface area contributed by atoms with Gasteiger partial charge in [0.25, 0.3) is 5.69 Å². The van der Waals surface area contributed by atoms with Crippen molar-refractivity contribution in [2.75, 3.05) is 44.2 Å². The number of carbonyl (C=O) groups excluding carboxylic acids is 1. The summed E-state index contributed by atoms with van der Waals surface area (Å²) < 4.78 is 18.5. The van der Waals surface area contributed by atoms with Crippen LogP contribution >= 0.6 is 0 Å². The van der Waals surface area contributed by atoms with Crippen LogP contribution < -0.4 is 10.2 Å². The molecule has 1 amide bonds. The largest absolute Gasteiger partial charge is 0.445 e. The number of non-ortho nitro benzene ring substituents is 1. The van der Waals surface area contributed by atoms with Gasteiger partial charge in [-0.15, -0.1) is 0 Å². The molecule has 2 aliphatic heterocycles. The lowest BCUT2D eigenvalue weighted by molar-refractivity contribution is -0.384. The Morgan fingerprint density at radius 1 is 0.961 bits per heavy atom. The van der Waals surface area contributed by atoms with Crippen LogP contribution in [0.3, 0.4) is 0 Å². The molecule has 2 N–H and O–H groups in total. The summed E-state index contributed by atoms with van der Waals surface area (Å²) in [6.07, 6.45) is 0.0856. The third-order valence-corrected chi connectivity index (χ3v) is 9.63. The molecule has 2 aliphatic rings. The Morgan fingerprint density at radius 3 is 2.31 bits per heavy atom. The molecule has 2 saturated heterocycles. The molecule has 0 spiro atoms. The molecule has 11 heteroatoms. The molecule has 266 valence electrons. The number of nitrogens with one attached hydrogen (secondary N) is 1. The van der Waals surface area contributed by atoms with E-state index in [0.29, 0.717) is 6.54 Å². The Morgan fingerprint density at radius 2 is 1.65 bits per heavy atom. The zero-order chi connectivity index (χ0) is 35.7. The fourth-order valence-electron chi connectivity index (χ4n) is 6.69. The highest BCUT2D eigenvalue weighted by Crippen LogP contribution is 2.42. The van der Waals surface area contributed by atoms with Crippen molar-refractivity contribution in [2.45, 2.75) is 38.6 Å². The number of aliphatic hydroxyl groups excluding tert-OH is 1. The number of nitro groups is 1. The number of nitro benzene ring substituents is 1. The maximum Gasteiger partial charge on any atom is 0.407 e. The second-order valence-electron chi connectivity index (χ2n) is 12.9. The van der Waals surface area contributed by atoms with Gasteiger partial charge in [0.2, 0.25) is 0 Å². The summed E-state index contributed by atoms with van der Waals surface area (Å²) in [6, 6.07) is 30.7. The fraction of sp³-hybridized carbons (Fsp3) is 0.325. The van der Waals surface area contributed by atoms with E-state index in [2.05, 4.69) is 28.6 Å². The van der Waals surface area contributed by atoms with E-state index in [1.54, 1.807) is 12.1 Å². The molecular weight excluding hydrogens is 648 g/mol. The van der Waals surface area contributed by atoms with Gasteiger partial charge in [-0.3, -0.25) is 15.0 Å². The smallest absolute Gasteiger partial charge is 0.407 e. The Hall–Kier alpha value is -5.07. The minimum Gasteiger partial charge on any atom is -0.445 e. The molecule has 0 aromatic heterocycles. The predicted octanol–water partition coefficient (Wildman–Crippen LogP) is 6.78. The van der Waals surface area contributed by atoms with Crippen molar-refractivity contribution in [3.8, 4) is 11.1 Å². The summed E-state index contributed by atoms with van der Waals surface area (Å²) in [5.74, 6) is 0.0470. The van der Waals surface area contributed by atoms with Gasteiger partial charge in [-0.2, -0.15) is 0 Å². The normalized spacial score (nSPS) is 20.8. The zero-order valence-electron chi connectivity index (χ0n) is 28.7. The molecular formula is C40H44N4O7. The van der Waals surface area contributed by atoms with Gasteiger partial charge in [0.1, 0.15) is 6.61 Å². The number of ether oxygens (including phenoxy) is 3. The van der Waals surface area contributed by atoms with Crippen molar-refractivity contribution in [1.82, 2.24) is 10.2 Å². The Balaban J connectivity index is 1.17. The number of amides is 1. The van der Waals surface area contributed by atoms with Crippen LogP contribution in [0.2, 0.25) is 0 Å². The molecule has 4 aromatic rings. The number of piperazine rings is 1. The predicted molar refractivity (Wildman–Crippen MR) is 195 cm³/mol. The van der Waals surface area contributed by atoms with Gasteiger partial charge in [-0.25, -0.2) is 4.79 Å². The first-order chi connectivity index (χ1) is 24.8. The number of hydrogen-bond donors (Lipinski definition) is 2. The van der Waals surface area contributed by atoms with Gasteiger partial charge in [0, 0.05) is 68.6 Å². The Labute approximate surface area is 298 Å². The summed E-state index contributed by atoms with van der Waals surface area (Å²) in [6.45, 7) is 10.2. The molecule has 0 saturated carbocycles. The quantitative estimate of drug-likeness (QED) is 0.0939. The Bertz CT molecular complexity index is 1770. The van der Waals surface area contributed by atoms with Crippen LogP contribution in [0.4, 0.5) is 16.2 Å². The molecule has 51 heavy (non-hydrogen) atoms. The molecule has 11 nitrogen and oxygen atoms in total. The van der Waals surface area contributed by atoms with Gasteiger partial charge in [-0.05, 0) is 39.9 Å². The number of nitrogens with zero attached hydrogens (tertiary/aromatic N) is 3. The van der Waals surface area contributed by atoms with Crippen molar-refractivity contribution >= 4 is 17.5 Å². The average Bonchev–Trinajstić information content (AvgIpc) is 3.17. The summed E-state index contributed by atoms with van der Waals surface area (Å²) >= 11 is 0. The number of rotatable bonds is 12. The fourth-order valence-corrected chi connectivity index (χ4v) is 6.69. The number of hydrogen-bond acceptors (Lipinski definition) is 9. The van der Waals surface area contributed by atoms with E-state index in [4.69, 9.17) is 14.2 Å². The van der Waals surface area contributed by atoms with Gasteiger partial charge >= 0.3 is 6.09 Å². The van der Waals surface area contributed by atoms with Gasteiger partial charge in [0.05, 0.1) is 23.7 Å². The molecule has 4 aromatic carbocycles. The van der Waals surface area contributed by atoms with Crippen LogP contribution in [-0.2, 0) is 27.4 Å². The van der Waals surface area contributed by atoms with Crippen molar-refractivity contribution in [2.24, 2.45) is 5.92 Å². The number of anilines is 1. The summed E-state index contributed by atoms with van der Waals surface area (Å²) in [5, 5.41) is 23.5. The van der Waals surface area contributed by atoms with E-state index in [9.17, 15) is 20.0 Å². The third-order valence-electron chi connectivity index (χ3n) is 9.63. The minimum absolute atomic E-state index is 0.0213. The van der Waals surface area contributed by atoms with E-state index < -0.39 is 12.4 Å². The number of aliphatic hydroxyl groups is 1. The molecule has 2 heterocycles. The summed E-state index contributed by atoms with van der Waals surface area (Å²) in [4.78, 5) is 27.4. The molecule has 4 atom stereocenters. The second kappa shape index (κ2) is 16.8. The first kappa shape index (κ1) is 35.7. The number of benzene rings is 4. The SMILES string of the molecule is C=CCOC(=O)NCc1ccccc1-c1ccc([C@@H]2O[C@H](CN3CCN(c4ccc([N+](=O)[O-])cc4)CC3)[C@H](C)[C@H](c3ccc(CO)cc3)O2)cc1. The second-order valence-corrected chi connectivity index (χ2v) is 12.9. The van der Waals surface area contributed by atoms with Crippen LogP contribution in [0.25, 0.3) is 11.1 Å². The third kappa shape index (κ3) is 8.81. The highest BCUT2D eigenvalue weighted by Gasteiger charge is 2.39. The Kier molecular flexibility index (Phi) is 11.7. The van der Waals surface area contributed by atoms with Crippen molar-refractivity contribution < 1.29 is 29.0 Å². The van der Waals surface area contributed by atoms with Crippen LogP contribution in [0.5, 0.6) is 0 Å². The molecule has 0 aliphatic carbocycles. The van der Waals surface area contributed by atoms with Crippen LogP contribution in [-0.4, -0.2) is 66.5 Å². The van der Waals surface area contributed by atoms with Crippen molar-refractivity contribution in [1.29, 1.82) is 0 Å². The lowest BCUT2D eigenvalue weighted by Crippen LogP contribution is -2.51. The monoisotopic (exact) mass is 692 g/mol. The van der Waals surface area contributed by atoms with Crippen LogP contribution in [0.1, 0.15) is 41.6 Å². The first-order valence-electron chi connectivity index (χ1n) is 17.2. The number of alkyl carbamates (subject to hydrolysis) is 1. The van der Waals surface area contributed by atoms with E-state index in [1.807, 2.05) is 84.9 Å². The van der Waals surface area contributed by atoms with Crippen molar-refractivity contribution in [3.63, 3.8) is 0 Å². The highest BCUT2D eigenvalue weighted by atomic mass is 16.7. The zero-order valence-corrected chi connectivity index (χ0v) is 28.7. The number of carbonyl (C=O) groups is 1. The summed E-state index contributed by atoms with van der Waals surface area (Å²) in [5.41, 5.74) is 6.81. The lowest BCUT2D eigenvalue weighted by Gasteiger charge is -2.44. The molecule has 2 fully saturated rings. The van der Waals surface area contributed by atoms with E-state index in [1.165, 1.54) is 6.08 Å². The first-order valence-corrected chi connectivity index (χ1v) is 17.2. The summed E-state index contributed by atoms with van der Waals surface area (Å²) in [7, 11) is 0. The average molecular weight is 693 g/mol. The minimum atomic E-state index is -0.597. The van der Waals surface area contributed by atoms with Crippen LogP contribution in [0, 0.1) is 16.0 Å². The maximum atomic E-state index is 12.0. The van der Waals surface area contributed by atoms with Crippen LogP contribution in [0.15, 0.2) is 110 Å². The molecule has 6 rings (SSSR count). The standard InChI is InChI=1S/C40H44N4O7/c1-3-24-49-40(46)41-25-33-6-4-5-7-36(33)30-12-14-32(15-13-30)39-50-37(28(2)38(51-39)31-10-8-29(27-45)9-11-31)26-42-20-22-43(23-21-42)34-16-18-35(19-17-34)44(47)48/h3-19,28,37-39,45H,1,20-27H2,2H3,(H,41,46)/t28-,37+,38+,39+/m0/s1. The lowest BCUT2D eigenvalue weighted by atomic mass is 9.89. The van der Waals surface area contributed by atoms with Gasteiger partial charge in [-0.1, -0.05) is 92.4 Å². The topological polar surface area (TPSA) is 127 Å².